The SMILES string of the molecule is CC(N)c1ccc2c(cnn2C)c1. The molecule has 0 amide bonds. The standard InChI is InChI=1S/C10H13N3/c1-7(11)8-3-4-10-9(5-8)6-12-13(10)2/h3-7H,11H2,1-2H3. The van der Waals surface area contributed by atoms with Gasteiger partial charge in [0.05, 0.1) is 11.7 Å². The lowest BCUT2D eigenvalue weighted by Crippen LogP contribution is -2.04. The molecule has 68 valence electrons. The van der Waals surface area contributed by atoms with Gasteiger partial charge < -0.3 is 5.73 Å². The number of hydrogen-bond donors (Lipinski definition) is 1. The van der Waals surface area contributed by atoms with Gasteiger partial charge >= 0.3 is 0 Å². The predicted octanol–water partition coefficient (Wildman–Crippen LogP) is 1.59. The van der Waals surface area contributed by atoms with Crippen LogP contribution in [-0.2, 0) is 7.05 Å². The molecule has 2 N–H and O–H groups in total. The average Bonchev–Trinajstić information content (AvgIpc) is 2.47. The molecule has 0 fully saturated rings. The topological polar surface area (TPSA) is 43.8 Å². The zero-order valence-electron chi connectivity index (χ0n) is 7.86. The van der Waals surface area contributed by atoms with Crippen molar-refractivity contribution >= 4 is 10.9 Å². The highest BCUT2D eigenvalue weighted by atomic mass is 15.2. The van der Waals surface area contributed by atoms with Gasteiger partial charge in [-0.15, -0.1) is 0 Å². The van der Waals surface area contributed by atoms with E-state index in [2.05, 4.69) is 23.3 Å². The molecule has 0 spiro atoms. The summed E-state index contributed by atoms with van der Waals surface area (Å²) in [5.74, 6) is 0. The van der Waals surface area contributed by atoms with Crippen LogP contribution >= 0.6 is 0 Å². The van der Waals surface area contributed by atoms with Gasteiger partial charge in [0, 0.05) is 18.5 Å². The van der Waals surface area contributed by atoms with Crippen LogP contribution in [0.15, 0.2) is 24.4 Å². The van der Waals surface area contributed by atoms with E-state index in [0.717, 1.165) is 16.5 Å². The number of nitrogens with two attached hydrogens (primary N) is 1. The predicted molar refractivity (Wildman–Crippen MR) is 53.3 cm³/mol. The first-order valence-corrected chi connectivity index (χ1v) is 4.36. The van der Waals surface area contributed by atoms with E-state index in [9.17, 15) is 0 Å². The molecule has 3 heteroatoms. The van der Waals surface area contributed by atoms with Gasteiger partial charge in [0.2, 0.25) is 0 Å². The summed E-state index contributed by atoms with van der Waals surface area (Å²) in [5, 5.41) is 5.32. The van der Waals surface area contributed by atoms with Crippen molar-refractivity contribution < 1.29 is 0 Å². The summed E-state index contributed by atoms with van der Waals surface area (Å²) in [5.41, 5.74) is 8.08. The van der Waals surface area contributed by atoms with Crippen LogP contribution in [0.4, 0.5) is 0 Å². The summed E-state index contributed by atoms with van der Waals surface area (Å²) >= 11 is 0. The van der Waals surface area contributed by atoms with Gasteiger partial charge in [0.1, 0.15) is 0 Å². The lowest BCUT2D eigenvalue weighted by atomic mass is 10.1. The van der Waals surface area contributed by atoms with Gasteiger partial charge in [-0.25, -0.2) is 0 Å². The summed E-state index contributed by atoms with van der Waals surface area (Å²) < 4.78 is 1.86. The molecule has 1 aromatic carbocycles. The maximum atomic E-state index is 5.78. The Balaban J connectivity index is 2.63. The molecular weight excluding hydrogens is 162 g/mol. The second-order valence-electron chi connectivity index (χ2n) is 3.38. The number of rotatable bonds is 1. The molecule has 0 aliphatic rings. The fourth-order valence-corrected chi connectivity index (χ4v) is 1.47. The third-order valence-electron chi connectivity index (χ3n) is 2.30. The van der Waals surface area contributed by atoms with Gasteiger partial charge in [-0.2, -0.15) is 5.10 Å². The molecule has 13 heavy (non-hydrogen) atoms. The van der Waals surface area contributed by atoms with E-state index in [0.29, 0.717) is 0 Å². The number of benzene rings is 1. The number of aryl methyl sites for hydroxylation is 1. The molecule has 2 rings (SSSR count). The van der Waals surface area contributed by atoms with E-state index in [1.165, 1.54) is 0 Å². The Morgan fingerprint density at radius 1 is 1.46 bits per heavy atom. The van der Waals surface area contributed by atoms with Crippen LogP contribution in [0, 0.1) is 0 Å². The van der Waals surface area contributed by atoms with Gasteiger partial charge in [-0.1, -0.05) is 6.07 Å². The molecule has 1 heterocycles. The smallest absolute Gasteiger partial charge is 0.0679 e. The van der Waals surface area contributed by atoms with Gasteiger partial charge in [0.15, 0.2) is 0 Å². The first-order valence-electron chi connectivity index (χ1n) is 4.36. The zero-order chi connectivity index (χ0) is 9.42. The minimum absolute atomic E-state index is 0.0876. The molecule has 0 bridgehead atoms. The van der Waals surface area contributed by atoms with Crippen LogP contribution in [0.5, 0.6) is 0 Å². The summed E-state index contributed by atoms with van der Waals surface area (Å²) in [6, 6.07) is 6.28. The third-order valence-corrected chi connectivity index (χ3v) is 2.30. The van der Waals surface area contributed by atoms with Crippen LogP contribution < -0.4 is 5.73 Å². The fourth-order valence-electron chi connectivity index (χ4n) is 1.47. The highest BCUT2D eigenvalue weighted by Gasteiger charge is 2.02. The Morgan fingerprint density at radius 2 is 2.23 bits per heavy atom. The maximum absolute atomic E-state index is 5.78. The average molecular weight is 175 g/mol. The summed E-state index contributed by atoms with van der Waals surface area (Å²) in [4.78, 5) is 0. The van der Waals surface area contributed by atoms with Crippen LogP contribution in [0.25, 0.3) is 10.9 Å². The molecular formula is C10H13N3. The molecule has 1 atom stereocenters. The van der Waals surface area contributed by atoms with Gasteiger partial charge in [0.25, 0.3) is 0 Å². The maximum Gasteiger partial charge on any atom is 0.0679 e. The lowest BCUT2D eigenvalue weighted by molar-refractivity contribution is 0.795. The van der Waals surface area contributed by atoms with Crippen molar-refractivity contribution in [1.29, 1.82) is 0 Å². The second-order valence-corrected chi connectivity index (χ2v) is 3.38. The van der Waals surface area contributed by atoms with Crippen molar-refractivity contribution in [2.24, 2.45) is 12.8 Å². The minimum Gasteiger partial charge on any atom is -0.324 e. The first kappa shape index (κ1) is 8.26. The Kier molecular flexibility index (Phi) is 1.81. The highest BCUT2D eigenvalue weighted by Crippen LogP contribution is 2.18. The van der Waals surface area contributed by atoms with Crippen molar-refractivity contribution in [2.75, 3.05) is 0 Å². The number of nitrogens with zero attached hydrogens (tertiary/aromatic N) is 2. The van der Waals surface area contributed by atoms with Gasteiger partial charge in [-0.3, -0.25) is 4.68 Å². The summed E-state index contributed by atoms with van der Waals surface area (Å²) in [6.45, 7) is 1.98. The Labute approximate surface area is 77.2 Å². The van der Waals surface area contributed by atoms with E-state index in [1.807, 2.05) is 24.9 Å². The molecule has 3 nitrogen and oxygen atoms in total. The number of fused-ring (bicyclic) bond motifs is 1. The number of aromatic nitrogens is 2. The van der Waals surface area contributed by atoms with Gasteiger partial charge in [-0.05, 0) is 24.6 Å². The lowest BCUT2D eigenvalue weighted by Gasteiger charge is -2.04. The molecule has 0 aliphatic carbocycles. The first-order chi connectivity index (χ1) is 6.18. The monoisotopic (exact) mass is 175 g/mol. The normalized spacial score (nSPS) is 13.5. The molecule has 1 aromatic heterocycles. The molecule has 1 unspecified atom stereocenters. The molecule has 0 radical (unpaired) electrons. The Hall–Kier alpha value is -1.35. The number of hydrogen-bond acceptors (Lipinski definition) is 2. The van der Waals surface area contributed by atoms with Crippen molar-refractivity contribution in [3.63, 3.8) is 0 Å². The second kappa shape index (κ2) is 2.85. The van der Waals surface area contributed by atoms with E-state index in [4.69, 9.17) is 5.73 Å². The Morgan fingerprint density at radius 3 is 2.92 bits per heavy atom. The minimum atomic E-state index is 0.0876. The highest BCUT2D eigenvalue weighted by molar-refractivity contribution is 5.79. The zero-order valence-corrected chi connectivity index (χ0v) is 7.86. The van der Waals surface area contributed by atoms with Crippen LogP contribution in [0.1, 0.15) is 18.5 Å². The van der Waals surface area contributed by atoms with Crippen LogP contribution in [-0.4, -0.2) is 9.78 Å². The third kappa shape index (κ3) is 1.31. The molecule has 2 aromatic rings. The van der Waals surface area contributed by atoms with Crippen molar-refractivity contribution in [3.8, 4) is 0 Å². The Bertz CT molecular complexity index is 429. The summed E-state index contributed by atoms with van der Waals surface area (Å²) in [7, 11) is 1.94. The van der Waals surface area contributed by atoms with E-state index >= 15 is 0 Å². The van der Waals surface area contributed by atoms with Crippen molar-refractivity contribution in [2.45, 2.75) is 13.0 Å². The quantitative estimate of drug-likeness (QED) is 0.715. The van der Waals surface area contributed by atoms with Crippen molar-refractivity contribution in [1.82, 2.24) is 9.78 Å². The largest absolute Gasteiger partial charge is 0.324 e. The van der Waals surface area contributed by atoms with E-state index < -0.39 is 0 Å². The van der Waals surface area contributed by atoms with E-state index in [-0.39, 0.29) is 6.04 Å². The van der Waals surface area contributed by atoms with Crippen LogP contribution in [0.3, 0.4) is 0 Å². The van der Waals surface area contributed by atoms with Crippen LogP contribution in [0.2, 0.25) is 0 Å². The van der Waals surface area contributed by atoms with Crippen molar-refractivity contribution in [3.05, 3.63) is 30.0 Å². The molecule has 0 saturated carbocycles. The molecule has 0 aliphatic heterocycles. The molecule has 0 saturated heterocycles. The fraction of sp³-hybridized carbons (Fsp3) is 0.300. The summed E-state index contributed by atoms with van der Waals surface area (Å²) in [6.07, 6.45) is 1.86. The van der Waals surface area contributed by atoms with E-state index in [1.54, 1.807) is 0 Å².